The van der Waals surface area contributed by atoms with Crippen molar-refractivity contribution in [2.45, 2.75) is 25.7 Å². The molecule has 1 aliphatic rings. The molecule has 1 rings (SSSR count). The first-order valence-electron chi connectivity index (χ1n) is 4.46. The van der Waals surface area contributed by atoms with E-state index in [2.05, 4.69) is 29.2 Å². The minimum Gasteiger partial charge on any atom is -0.313 e. The smallest absolute Gasteiger partial charge is 0.0000772 e. The Kier molecular flexibility index (Phi) is 3.75. The number of rotatable bonds is 6. The molecule has 68 valence electrons. The van der Waals surface area contributed by atoms with Gasteiger partial charge in [-0.3, -0.25) is 0 Å². The van der Waals surface area contributed by atoms with Crippen molar-refractivity contribution < 1.29 is 0 Å². The average molecular weight is 277 g/mol. The van der Waals surface area contributed by atoms with E-state index in [9.17, 15) is 0 Å². The zero-order valence-electron chi connectivity index (χ0n) is 7.35. The van der Waals surface area contributed by atoms with E-state index in [1.54, 1.807) is 0 Å². The Balaban J connectivity index is 2.51. The van der Waals surface area contributed by atoms with Gasteiger partial charge in [-0.1, -0.05) is 28.7 Å². The van der Waals surface area contributed by atoms with Crippen molar-refractivity contribution in [1.82, 2.24) is 0 Å². The molecule has 1 nitrogen and oxygen atoms in total. The molecule has 12 heavy (non-hydrogen) atoms. The maximum atomic E-state index is 7.10. The maximum absolute atomic E-state index is 7.10. The van der Waals surface area contributed by atoms with Gasteiger partial charge in [0.25, 0.3) is 0 Å². The van der Waals surface area contributed by atoms with E-state index in [-0.39, 0.29) is 0 Å². The lowest BCUT2D eigenvalue weighted by Crippen LogP contribution is -2.14. The molecule has 0 bridgehead atoms. The van der Waals surface area contributed by atoms with Crippen molar-refractivity contribution in [3.63, 3.8) is 0 Å². The second-order valence-corrected chi connectivity index (χ2v) is 4.66. The Morgan fingerprint density at radius 1 is 1.58 bits per heavy atom. The SMILES string of the molecule is C=C[C@@H](CC=N)C1(CCI)CC1. The molecule has 2 heteroatoms. The minimum atomic E-state index is 0.542. The van der Waals surface area contributed by atoms with Crippen molar-refractivity contribution >= 4 is 28.8 Å². The van der Waals surface area contributed by atoms with Gasteiger partial charge in [-0.25, -0.2) is 0 Å². The van der Waals surface area contributed by atoms with Gasteiger partial charge in [0.2, 0.25) is 0 Å². The van der Waals surface area contributed by atoms with Crippen LogP contribution in [0, 0.1) is 16.7 Å². The first kappa shape index (κ1) is 10.2. The molecule has 0 aromatic heterocycles. The zero-order valence-corrected chi connectivity index (χ0v) is 9.51. The fraction of sp³-hybridized carbons (Fsp3) is 0.700. The Labute approximate surface area is 88.3 Å². The van der Waals surface area contributed by atoms with Gasteiger partial charge in [-0.2, -0.15) is 0 Å². The lowest BCUT2D eigenvalue weighted by atomic mass is 9.85. The van der Waals surface area contributed by atoms with Crippen molar-refractivity contribution in [1.29, 1.82) is 5.41 Å². The van der Waals surface area contributed by atoms with Crippen LogP contribution in [0.25, 0.3) is 0 Å². The van der Waals surface area contributed by atoms with Crippen molar-refractivity contribution in [3.05, 3.63) is 12.7 Å². The van der Waals surface area contributed by atoms with Gasteiger partial charge in [-0.15, -0.1) is 6.58 Å². The van der Waals surface area contributed by atoms with Gasteiger partial charge in [0, 0.05) is 4.43 Å². The fourth-order valence-electron chi connectivity index (χ4n) is 1.88. The number of nitrogens with one attached hydrogen (secondary N) is 1. The Bertz CT molecular complexity index is 173. The first-order valence-corrected chi connectivity index (χ1v) is 5.99. The second kappa shape index (κ2) is 4.40. The van der Waals surface area contributed by atoms with Crippen molar-refractivity contribution in [2.24, 2.45) is 11.3 Å². The summed E-state index contributed by atoms with van der Waals surface area (Å²) in [5.41, 5.74) is 0.542. The van der Waals surface area contributed by atoms with Crippen LogP contribution < -0.4 is 0 Å². The highest BCUT2D eigenvalue weighted by molar-refractivity contribution is 14.1. The molecule has 0 aliphatic heterocycles. The fourth-order valence-corrected chi connectivity index (χ4v) is 2.95. The Hall–Kier alpha value is 0.140. The van der Waals surface area contributed by atoms with Crippen LogP contribution in [-0.4, -0.2) is 10.6 Å². The topological polar surface area (TPSA) is 23.9 Å². The summed E-state index contributed by atoms with van der Waals surface area (Å²) in [7, 11) is 0. The number of allylic oxidation sites excluding steroid dienone is 1. The standard InChI is InChI=1S/C10H16IN/c1-2-9(3-8-12)10(4-5-10)6-7-11/h2,8-9,12H,1,3-7H2/t9-/m0/s1. The normalized spacial score (nSPS) is 21.4. The molecule has 1 aliphatic carbocycles. The molecule has 0 aromatic rings. The van der Waals surface area contributed by atoms with Crippen molar-refractivity contribution in [3.8, 4) is 0 Å². The summed E-state index contributed by atoms with van der Waals surface area (Å²) in [4.78, 5) is 0. The number of hydrogen-bond donors (Lipinski definition) is 1. The lowest BCUT2D eigenvalue weighted by molar-refractivity contribution is 0.373. The molecule has 0 spiro atoms. The van der Waals surface area contributed by atoms with E-state index < -0.39 is 0 Å². The molecule has 1 saturated carbocycles. The second-order valence-electron chi connectivity index (χ2n) is 3.58. The molecule has 0 amide bonds. The molecular weight excluding hydrogens is 261 g/mol. The molecule has 1 fully saturated rings. The van der Waals surface area contributed by atoms with E-state index in [4.69, 9.17) is 5.41 Å². The van der Waals surface area contributed by atoms with Crippen LogP contribution in [0.2, 0.25) is 0 Å². The maximum Gasteiger partial charge on any atom is 0.0000772 e. The van der Waals surface area contributed by atoms with E-state index >= 15 is 0 Å². The molecular formula is C10H16IN. The van der Waals surface area contributed by atoms with Gasteiger partial charge in [-0.05, 0) is 43.2 Å². The Morgan fingerprint density at radius 2 is 2.25 bits per heavy atom. The van der Waals surface area contributed by atoms with Crippen LogP contribution in [0.5, 0.6) is 0 Å². The molecule has 0 saturated heterocycles. The van der Waals surface area contributed by atoms with Crippen LogP contribution >= 0.6 is 22.6 Å². The molecule has 0 heterocycles. The third-order valence-electron chi connectivity index (χ3n) is 2.93. The van der Waals surface area contributed by atoms with Crippen LogP contribution in [0.15, 0.2) is 12.7 Å². The monoisotopic (exact) mass is 277 g/mol. The van der Waals surface area contributed by atoms with Crippen LogP contribution in [0.1, 0.15) is 25.7 Å². The summed E-state index contributed by atoms with van der Waals surface area (Å²) in [6.07, 6.45) is 8.46. The summed E-state index contributed by atoms with van der Waals surface area (Å²) in [5.74, 6) is 0.560. The first-order chi connectivity index (χ1) is 5.79. The zero-order chi connectivity index (χ0) is 9.03. The lowest BCUT2D eigenvalue weighted by Gasteiger charge is -2.21. The predicted molar refractivity (Wildman–Crippen MR) is 62.3 cm³/mol. The molecule has 0 aromatic carbocycles. The van der Waals surface area contributed by atoms with Gasteiger partial charge in [0.1, 0.15) is 0 Å². The number of alkyl halides is 1. The van der Waals surface area contributed by atoms with Gasteiger partial charge < -0.3 is 5.41 Å². The van der Waals surface area contributed by atoms with Gasteiger partial charge >= 0.3 is 0 Å². The minimum absolute atomic E-state index is 0.542. The highest BCUT2D eigenvalue weighted by Gasteiger charge is 2.46. The van der Waals surface area contributed by atoms with Crippen molar-refractivity contribution in [2.75, 3.05) is 4.43 Å². The molecule has 1 N–H and O–H groups in total. The average Bonchev–Trinajstić information content (AvgIpc) is 2.82. The van der Waals surface area contributed by atoms with E-state index in [1.807, 2.05) is 6.08 Å². The van der Waals surface area contributed by atoms with E-state index in [0.29, 0.717) is 11.3 Å². The Morgan fingerprint density at radius 3 is 2.58 bits per heavy atom. The third-order valence-corrected chi connectivity index (χ3v) is 3.47. The number of halogens is 1. The van der Waals surface area contributed by atoms with Crippen LogP contribution in [0.4, 0.5) is 0 Å². The van der Waals surface area contributed by atoms with Gasteiger partial charge in [0.05, 0.1) is 0 Å². The number of hydrogen-bond acceptors (Lipinski definition) is 1. The summed E-state index contributed by atoms with van der Waals surface area (Å²) in [5, 5.41) is 7.10. The predicted octanol–water partition coefficient (Wildman–Crippen LogP) is 3.43. The van der Waals surface area contributed by atoms with Crippen LogP contribution in [0.3, 0.4) is 0 Å². The van der Waals surface area contributed by atoms with Gasteiger partial charge in [0.15, 0.2) is 0 Å². The summed E-state index contributed by atoms with van der Waals surface area (Å²) in [6, 6.07) is 0. The van der Waals surface area contributed by atoms with E-state index in [1.165, 1.54) is 29.9 Å². The largest absolute Gasteiger partial charge is 0.313 e. The third kappa shape index (κ3) is 2.09. The van der Waals surface area contributed by atoms with E-state index in [0.717, 1.165) is 6.42 Å². The highest BCUT2D eigenvalue weighted by Crippen LogP contribution is 2.56. The quantitative estimate of drug-likeness (QED) is 0.333. The summed E-state index contributed by atoms with van der Waals surface area (Å²) >= 11 is 2.44. The summed E-state index contributed by atoms with van der Waals surface area (Å²) in [6.45, 7) is 3.86. The summed E-state index contributed by atoms with van der Waals surface area (Å²) < 4.78 is 1.24. The highest BCUT2D eigenvalue weighted by atomic mass is 127. The molecule has 0 unspecified atom stereocenters. The molecule has 0 radical (unpaired) electrons. The molecule has 1 atom stereocenters. The van der Waals surface area contributed by atoms with Crippen LogP contribution in [-0.2, 0) is 0 Å².